The lowest BCUT2D eigenvalue weighted by Crippen LogP contribution is -2.25. The zero-order valence-electron chi connectivity index (χ0n) is 8.32. The average Bonchev–Trinajstić information content (AvgIpc) is 2.26. The van der Waals surface area contributed by atoms with E-state index in [0.29, 0.717) is 17.7 Å². The summed E-state index contributed by atoms with van der Waals surface area (Å²) in [5, 5.41) is 8.83. The number of nitrogens with zero attached hydrogens (tertiary/aromatic N) is 2. The van der Waals surface area contributed by atoms with Crippen LogP contribution in [0.3, 0.4) is 0 Å². The standard InChI is InChI=1S/C11H12N2O/c1-3-11(14)13(2)10-7-5-4-6-9(10)8-12/h4-7H,3H2,1-2H3. The Morgan fingerprint density at radius 3 is 2.71 bits per heavy atom. The maximum absolute atomic E-state index is 11.4. The first-order valence-electron chi connectivity index (χ1n) is 4.46. The van der Waals surface area contributed by atoms with Gasteiger partial charge in [-0.2, -0.15) is 5.26 Å². The third kappa shape index (κ3) is 1.91. The highest BCUT2D eigenvalue weighted by Gasteiger charge is 2.11. The van der Waals surface area contributed by atoms with Crippen LogP contribution in [0.15, 0.2) is 24.3 Å². The van der Waals surface area contributed by atoms with Crippen LogP contribution in [0.1, 0.15) is 18.9 Å². The molecule has 0 saturated carbocycles. The van der Waals surface area contributed by atoms with Crippen molar-refractivity contribution in [2.75, 3.05) is 11.9 Å². The Morgan fingerprint density at radius 1 is 1.50 bits per heavy atom. The number of hydrogen-bond acceptors (Lipinski definition) is 2. The number of benzene rings is 1. The maximum atomic E-state index is 11.4. The molecule has 0 spiro atoms. The molecular weight excluding hydrogens is 176 g/mol. The Balaban J connectivity index is 3.07. The largest absolute Gasteiger partial charge is 0.314 e. The molecule has 3 nitrogen and oxygen atoms in total. The molecule has 0 aliphatic heterocycles. The van der Waals surface area contributed by atoms with Gasteiger partial charge < -0.3 is 4.90 Å². The highest BCUT2D eigenvalue weighted by molar-refractivity contribution is 5.93. The van der Waals surface area contributed by atoms with Gasteiger partial charge in [-0.25, -0.2) is 0 Å². The molecular formula is C11H12N2O. The summed E-state index contributed by atoms with van der Waals surface area (Å²) in [6.07, 6.45) is 0.441. The van der Waals surface area contributed by atoms with E-state index < -0.39 is 0 Å². The Bertz CT molecular complexity index is 379. The molecule has 0 N–H and O–H groups in total. The maximum Gasteiger partial charge on any atom is 0.226 e. The monoisotopic (exact) mass is 188 g/mol. The van der Waals surface area contributed by atoms with Crippen molar-refractivity contribution in [2.24, 2.45) is 0 Å². The number of amides is 1. The van der Waals surface area contributed by atoms with Gasteiger partial charge in [-0.3, -0.25) is 4.79 Å². The van der Waals surface area contributed by atoms with Crippen molar-refractivity contribution in [3.8, 4) is 6.07 Å². The Kier molecular flexibility index (Phi) is 3.24. The fourth-order valence-electron chi connectivity index (χ4n) is 1.23. The van der Waals surface area contributed by atoms with E-state index >= 15 is 0 Å². The second kappa shape index (κ2) is 4.43. The quantitative estimate of drug-likeness (QED) is 0.711. The SMILES string of the molecule is CCC(=O)N(C)c1ccccc1C#N. The third-order valence-corrected chi connectivity index (χ3v) is 2.06. The second-order valence-corrected chi connectivity index (χ2v) is 2.94. The first-order valence-corrected chi connectivity index (χ1v) is 4.46. The molecule has 0 aliphatic rings. The van der Waals surface area contributed by atoms with E-state index in [0.717, 1.165) is 0 Å². The fourth-order valence-corrected chi connectivity index (χ4v) is 1.23. The van der Waals surface area contributed by atoms with Crippen molar-refractivity contribution < 1.29 is 4.79 Å². The fraction of sp³-hybridized carbons (Fsp3) is 0.273. The number of hydrogen-bond donors (Lipinski definition) is 0. The van der Waals surface area contributed by atoms with Crippen LogP contribution in [0.25, 0.3) is 0 Å². The average molecular weight is 188 g/mol. The lowest BCUT2D eigenvalue weighted by atomic mass is 10.2. The molecule has 0 atom stereocenters. The summed E-state index contributed by atoms with van der Waals surface area (Å²) < 4.78 is 0. The van der Waals surface area contributed by atoms with E-state index in [1.165, 1.54) is 4.90 Å². The van der Waals surface area contributed by atoms with Crippen molar-refractivity contribution in [2.45, 2.75) is 13.3 Å². The van der Waals surface area contributed by atoms with Gasteiger partial charge in [0.2, 0.25) is 5.91 Å². The molecule has 1 aromatic rings. The van der Waals surface area contributed by atoms with Crippen LogP contribution in [-0.2, 0) is 4.79 Å². The van der Waals surface area contributed by atoms with Crippen LogP contribution >= 0.6 is 0 Å². The molecule has 0 unspecified atom stereocenters. The van der Waals surface area contributed by atoms with Gasteiger partial charge in [0.1, 0.15) is 6.07 Å². The number of carbonyl (C=O) groups is 1. The Hall–Kier alpha value is -1.82. The van der Waals surface area contributed by atoms with Crippen molar-refractivity contribution >= 4 is 11.6 Å². The first-order chi connectivity index (χ1) is 6.70. The number of nitriles is 1. The topological polar surface area (TPSA) is 44.1 Å². The van der Waals surface area contributed by atoms with Gasteiger partial charge in [0.15, 0.2) is 0 Å². The molecule has 14 heavy (non-hydrogen) atoms. The normalized spacial score (nSPS) is 9.21. The van der Waals surface area contributed by atoms with Crippen LogP contribution in [0.4, 0.5) is 5.69 Å². The van der Waals surface area contributed by atoms with Gasteiger partial charge in [-0.05, 0) is 12.1 Å². The Morgan fingerprint density at radius 2 is 2.14 bits per heavy atom. The van der Waals surface area contributed by atoms with Crippen LogP contribution in [0.2, 0.25) is 0 Å². The minimum Gasteiger partial charge on any atom is -0.314 e. The van der Waals surface area contributed by atoms with Crippen LogP contribution in [0.5, 0.6) is 0 Å². The molecule has 0 aromatic heterocycles. The van der Waals surface area contributed by atoms with Crippen LogP contribution < -0.4 is 4.90 Å². The minimum absolute atomic E-state index is 0.00713. The van der Waals surface area contributed by atoms with Gasteiger partial charge in [-0.15, -0.1) is 0 Å². The van der Waals surface area contributed by atoms with Crippen LogP contribution in [0, 0.1) is 11.3 Å². The van der Waals surface area contributed by atoms with Crippen molar-refractivity contribution in [3.05, 3.63) is 29.8 Å². The van der Waals surface area contributed by atoms with E-state index in [1.54, 1.807) is 32.2 Å². The predicted molar refractivity (Wildman–Crippen MR) is 54.9 cm³/mol. The molecule has 3 heteroatoms. The molecule has 0 radical (unpaired) electrons. The predicted octanol–water partition coefficient (Wildman–Crippen LogP) is 1.93. The second-order valence-electron chi connectivity index (χ2n) is 2.94. The number of para-hydroxylation sites is 1. The molecule has 0 bridgehead atoms. The Labute approximate surface area is 83.6 Å². The van der Waals surface area contributed by atoms with Gasteiger partial charge in [-0.1, -0.05) is 19.1 Å². The zero-order valence-corrected chi connectivity index (χ0v) is 8.32. The van der Waals surface area contributed by atoms with E-state index in [-0.39, 0.29) is 5.91 Å². The van der Waals surface area contributed by atoms with Crippen molar-refractivity contribution in [1.82, 2.24) is 0 Å². The van der Waals surface area contributed by atoms with E-state index in [4.69, 9.17) is 5.26 Å². The summed E-state index contributed by atoms with van der Waals surface area (Å²) in [5.41, 5.74) is 1.19. The molecule has 72 valence electrons. The van der Waals surface area contributed by atoms with E-state index in [9.17, 15) is 4.79 Å². The molecule has 0 aliphatic carbocycles. The van der Waals surface area contributed by atoms with Crippen molar-refractivity contribution in [1.29, 1.82) is 5.26 Å². The van der Waals surface area contributed by atoms with E-state index in [2.05, 4.69) is 6.07 Å². The minimum atomic E-state index is 0.00713. The van der Waals surface area contributed by atoms with Gasteiger partial charge in [0.25, 0.3) is 0 Å². The molecule has 1 rings (SSSR count). The highest BCUT2D eigenvalue weighted by atomic mass is 16.2. The lowest BCUT2D eigenvalue weighted by Gasteiger charge is -2.17. The van der Waals surface area contributed by atoms with Crippen LogP contribution in [-0.4, -0.2) is 13.0 Å². The summed E-state index contributed by atoms with van der Waals surface area (Å²) in [4.78, 5) is 12.9. The summed E-state index contributed by atoms with van der Waals surface area (Å²) in [6, 6.07) is 9.13. The lowest BCUT2D eigenvalue weighted by molar-refractivity contribution is -0.118. The summed E-state index contributed by atoms with van der Waals surface area (Å²) in [7, 11) is 1.68. The molecule has 0 fully saturated rings. The number of rotatable bonds is 2. The van der Waals surface area contributed by atoms with E-state index in [1.807, 2.05) is 6.07 Å². The summed E-state index contributed by atoms with van der Waals surface area (Å²) in [5.74, 6) is 0.00713. The molecule has 0 heterocycles. The molecule has 1 aromatic carbocycles. The van der Waals surface area contributed by atoms with Crippen molar-refractivity contribution in [3.63, 3.8) is 0 Å². The first kappa shape index (κ1) is 10.3. The molecule has 1 amide bonds. The number of anilines is 1. The summed E-state index contributed by atoms with van der Waals surface area (Å²) in [6.45, 7) is 1.80. The zero-order chi connectivity index (χ0) is 10.6. The van der Waals surface area contributed by atoms with Gasteiger partial charge in [0, 0.05) is 13.5 Å². The highest BCUT2D eigenvalue weighted by Crippen LogP contribution is 2.18. The van der Waals surface area contributed by atoms with Gasteiger partial charge in [0.05, 0.1) is 11.3 Å². The third-order valence-electron chi connectivity index (χ3n) is 2.06. The molecule has 0 saturated heterocycles. The van der Waals surface area contributed by atoms with Gasteiger partial charge >= 0.3 is 0 Å². The smallest absolute Gasteiger partial charge is 0.226 e. The number of carbonyl (C=O) groups excluding carboxylic acids is 1. The summed E-state index contributed by atoms with van der Waals surface area (Å²) >= 11 is 0.